The van der Waals surface area contributed by atoms with E-state index in [9.17, 15) is 19.8 Å². The van der Waals surface area contributed by atoms with Gasteiger partial charge >= 0.3 is 0 Å². The van der Waals surface area contributed by atoms with Gasteiger partial charge in [-0.15, -0.1) is 0 Å². The Morgan fingerprint density at radius 1 is 0.500 bits per heavy atom. The lowest BCUT2D eigenvalue weighted by atomic mass is 9.93. The Morgan fingerprint density at radius 3 is 1.14 bits per heavy atom. The molecule has 0 aliphatic rings. The van der Waals surface area contributed by atoms with Crippen molar-refractivity contribution in [2.24, 2.45) is 0 Å². The van der Waals surface area contributed by atoms with E-state index in [4.69, 9.17) is 0 Å². The van der Waals surface area contributed by atoms with Crippen LogP contribution in [0.2, 0.25) is 0 Å². The van der Waals surface area contributed by atoms with E-state index >= 15 is 0 Å². The first-order chi connectivity index (χ1) is 21.2. The normalized spacial score (nSPS) is 12.2. The smallest absolute Gasteiger partial charge is 0.255 e. The van der Waals surface area contributed by atoms with Gasteiger partial charge in [-0.2, -0.15) is 0 Å². The van der Waals surface area contributed by atoms with Crippen LogP contribution < -0.4 is 10.6 Å². The van der Waals surface area contributed by atoms with Gasteiger partial charge in [-0.1, -0.05) is 62.4 Å². The molecule has 5 aromatic rings. The molecule has 0 bridgehead atoms. The highest BCUT2D eigenvalue weighted by atomic mass is 16.3. The second kappa shape index (κ2) is 13.7. The first kappa shape index (κ1) is 30.1. The zero-order valence-electron chi connectivity index (χ0n) is 24.8. The topological polar surface area (TPSA) is 98.7 Å². The highest BCUT2D eigenvalue weighted by molar-refractivity contribution is 6.07. The monoisotopic (exact) mass is 584 g/mol. The van der Waals surface area contributed by atoms with Gasteiger partial charge < -0.3 is 20.8 Å². The zero-order chi connectivity index (χ0) is 31.1. The molecule has 0 fully saturated rings. The quantitative estimate of drug-likeness (QED) is 0.133. The predicted molar refractivity (Wildman–Crippen MR) is 176 cm³/mol. The number of anilines is 2. The first-order valence-electron chi connectivity index (χ1n) is 14.7. The molecule has 0 heterocycles. The lowest BCUT2D eigenvalue weighted by Gasteiger charge is -2.13. The first-order valence-corrected chi connectivity index (χ1v) is 14.7. The van der Waals surface area contributed by atoms with E-state index in [1.54, 1.807) is 48.5 Å². The minimum absolute atomic E-state index is 0.251. The fraction of sp³-hybridized carbons (Fsp3) is 0.158. The highest BCUT2D eigenvalue weighted by Crippen LogP contribution is 2.25. The molecule has 5 aromatic carbocycles. The standard InChI is InChI=1S/C38H36N2O4/c1-25(29-11-19-35(41)20-12-29)23-27-3-15-33(16-4-27)39-37(43)31-7-9-32(10-8-31)38(44)40-34-17-5-28(6-18-34)24-26(2)30-13-21-36(42)22-14-30/h3-22,25-26,41-42H,23-24H2,1-2H3,(H,39,43)(H,40,44). The van der Waals surface area contributed by atoms with E-state index in [0.29, 0.717) is 22.5 Å². The van der Waals surface area contributed by atoms with Gasteiger partial charge in [0.15, 0.2) is 0 Å². The Labute approximate surface area is 258 Å². The summed E-state index contributed by atoms with van der Waals surface area (Å²) in [6, 6.07) is 36.7. The summed E-state index contributed by atoms with van der Waals surface area (Å²) in [5.41, 5.74) is 6.91. The molecule has 0 radical (unpaired) electrons. The maximum atomic E-state index is 12.8. The van der Waals surface area contributed by atoms with Crippen LogP contribution in [-0.2, 0) is 12.8 Å². The summed E-state index contributed by atoms with van der Waals surface area (Å²) in [6.45, 7) is 4.29. The van der Waals surface area contributed by atoms with Gasteiger partial charge in [0.1, 0.15) is 11.5 Å². The van der Waals surface area contributed by atoms with Gasteiger partial charge in [-0.05, 0) is 120 Å². The number of aromatic hydroxyl groups is 2. The van der Waals surface area contributed by atoms with E-state index in [1.165, 1.54) is 0 Å². The fourth-order valence-electron chi connectivity index (χ4n) is 5.18. The molecule has 2 atom stereocenters. The Kier molecular flexibility index (Phi) is 9.40. The van der Waals surface area contributed by atoms with Crippen molar-refractivity contribution >= 4 is 23.2 Å². The second-order valence-corrected chi connectivity index (χ2v) is 11.3. The molecule has 6 heteroatoms. The molecule has 0 saturated heterocycles. The molecular formula is C38H36N2O4. The molecule has 5 rings (SSSR count). The van der Waals surface area contributed by atoms with Crippen LogP contribution in [0.25, 0.3) is 0 Å². The Bertz CT molecular complexity index is 1560. The SMILES string of the molecule is CC(Cc1ccc(NC(=O)c2ccc(C(=O)Nc3ccc(CC(C)c4ccc(O)cc4)cc3)cc2)cc1)c1ccc(O)cc1. The van der Waals surface area contributed by atoms with E-state index in [2.05, 4.69) is 24.5 Å². The second-order valence-electron chi connectivity index (χ2n) is 11.3. The lowest BCUT2D eigenvalue weighted by Crippen LogP contribution is -2.14. The molecule has 0 spiro atoms. The number of rotatable bonds is 10. The molecule has 2 unspecified atom stereocenters. The van der Waals surface area contributed by atoms with Crippen molar-refractivity contribution in [1.82, 2.24) is 0 Å². The van der Waals surface area contributed by atoms with E-state index in [-0.39, 0.29) is 35.1 Å². The number of carbonyl (C=O) groups is 2. The van der Waals surface area contributed by atoms with Crippen molar-refractivity contribution in [3.05, 3.63) is 155 Å². The minimum atomic E-state index is -0.251. The third-order valence-electron chi connectivity index (χ3n) is 7.84. The summed E-state index contributed by atoms with van der Waals surface area (Å²) in [5, 5.41) is 24.9. The average molecular weight is 585 g/mol. The van der Waals surface area contributed by atoms with Crippen LogP contribution in [0.15, 0.2) is 121 Å². The maximum absolute atomic E-state index is 12.8. The number of hydrogen-bond donors (Lipinski definition) is 4. The van der Waals surface area contributed by atoms with Gasteiger partial charge in [0.25, 0.3) is 11.8 Å². The van der Waals surface area contributed by atoms with Crippen molar-refractivity contribution in [3.63, 3.8) is 0 Å². The lowest BCUT2D eigenvalue weighted by molar-refractivity contribution is 0.101. The number of phenols is 2. The van der Waals surface area contributed by atoms with E-state index in [0.717, 1.165) is 35.1 Å². The summed E-state index contributed by atoms with van der Waals surface area (Å²) in [7, 11) is 0. The Morgan fingerprint density at radius 2 is 0.818 bits per heavy atom. The van der Waals surface area contributed by atoms with E-state index < -0.39 is 0 Å². The summed E-state index contributed by atoms with van der Waals surface area (Å²) in [5.74, 6) is 0.595. The summed E-state index contributed by atoms with van der Waals surface area (Å²) < 4.78 is 0. The largest absolute Gasteiger partial charge is 0.508 e. The highest BCUT2D eigenvalue weighted by Gasteiger charge is 2.12. The van der Waals surface area contributed by atoms with Crippen LogP contribution in [-0.4, -0.2) is 22.0 Å². The van der Waals surface area contributed by atoms with Crippen molar-refractivity contribution in [3.8, 4) is 11.5 Å². The van der Waals surface area contributed by atoms with Crippen LogP contribution >= 0.6 is 0 Å². The van der Waals surface area contributed by atoms with Gasteiger partial charge in [0.2, 0.25) is 0 Å². The molecule has 0 saturated carbocycles. The summed E-state index contributed by atoms with van der Waals surface area (Å²) in [4.78, 5) is 25.7. The number of nitrogens with one attached hydrogen (secondary N) is 2. The Balaban J connectivity index is 1.11. The number of carbonyl (C=O) groups excluding carboxylic acids is 2. The molecule has 0 aromatic heterocycles. The summed E-state index contributed by atoms with van der Waals surface area (Å²) >= 11 is 0. The number of hydrogen-bond acceptors (Lipinski definition) is 4. The molecule has 4 N–H and O–H groups in total. The average Bonchev–Trinajstić information content (AvgIpc) is 3.03. The number of amides is 2. The van der Waals surface area contributed by atoms with Crippen LogP contribution in [0.4, 0.5) is 11.4 Å². The van der Waals surface area contributed by atoms with Gasteiger partial charge in [-0.25, -0.2) is 0 Å². The molecule has 222 valence electrons. The van der Waals surface area contributed by atoms with E-state index in [1.807, 2.05) is 72.8 Å². The van der Waals surface area contributed by atoms with Gasteiger partial charge in [0, 0.05) is 22.5 Å². The summed E-state index contributed by atoms with van der Waals surface area (Å²) in [6.07, 6.45) is 1.68. The van der Waals surface area contributed by atoms with Crippen LogP contribution in [0, 0.1) is 0 Å². The van der Waals surface area contributed by atoms with Gasteiger partial charge in [-0.3, -0.25) is 9.59 Å². The zero-order valence-corrected chi connectivity index (χ0v) is 24.8. The molecule has 0 aliphatic carbocycles. The number of phenolic OH excluding ortho intramolecular Hbond substituents is 2. The predicted octanol–water partition coefficient (Wildman–Crippen LogP) is 8.29. The maximum Gasteiger partial charge on any atom is 0.255 e. The number of benzene rings is 5. The molecule has 2 amide bonds. The molecule has 6 nitrogen and oxygen atoms in total. The fourth-order valence-corrected chi connectivity index (χ4v) is 5.18. The van der Waals surface area contributed by atoms with Crippen LogP contribution in [0.1, 0.15) is 68.7 Å². The molecule has 0 aliphatic heterocycles. The third kappa shape index (κ3) is 7.92. The van der Waals surface area contributed by atoms with Crippen molar-refractivity contribution < 1.29 is 19.8 Å². The van der Waals surface area contributed by atoms with Crippen LogP contribution in [0.5, 0.6) is 11.5 Å². The van der Waals surface area contributed by atoms with Crippen molar-refractivity contribution in [2.45, 2.75) is 38.5 Å². The molecular weight excluding hydrogens is 548 g/mol. The minimum Gasteiger partial charge on any atom is -0.508 e. The van der Waals surface area contributed by atoms with Gasteiger partial charge in [0.05, 0.1) is 0 Å². The van der Waals surface area contributed by atoms with Crippen LogP contribution in [0.3, 0.4) is 0 Å². The van der Waals surface area contributed by atoms with Crippen molar-refractivity contribution in [1.29, 1.82) is 0 Å². The Hall–Kier alpha value is -5.36. The van der Waals surface area contributed by atoms with Crippen molar-refractivity contribution in [2.75, 3.05) is 10.6 Å². The third-order valence-corrected chi connectivity index (χ3v) is 7.84. The molecule has 44 heavy (non-hydrogen) atoms.